The van der Waals surface area contributed by atoms with Gasteiger partial charge in [0.25, 0.3) is 0 Å². The molecule has 0 radical (unpaired) electrons. The Labute approximate surface area is 174 Å². The van der Waals surface area contributed by atoms with Crippen molar-refractivity contribution in [2.45, 2.75) is 12.8 Å². The molecule has 4 rings (SSSR count). The van der Waals surface area contributed by atoms with E-state index in [1.54, 1.807) is 35.2 Å². The Hall–Kier alpha value is -2.99. The van der Waals surface area contributed by atoms with Crippen LogP contribution in [-0.2, 0) is 9.59 Å². The number of amides is 2. The van der Waals surface area contributed by atoms with Crippen molar-refractivity contribution in [3.8, 4) is 11.5 Å². The Kier molecular flexibility index (Phi) is 5.71. The average Bonchev–Trinajstić information content (AvgIpc) is 3.21. The summed E-state index contributed by atoms with van der Waals surface area (Å²) in [6.07, 6.45) is 4.52. The molecule has 1 N–H and O–H groups in total. The molecule has 0 unspecified atom stereocenters. The number of carbonyl (C=O) groups excluding carboxylic acids is 2. The van der Waals surface area contributed by atoms with E-state index in [1.807, 2.05) is 18.2 Å². The lowest BCUT2D eigenvalue weighted by Gasteiger charge is -2.30. The van der Waals surface area contributed by atoms with Gasteiger partial charge in [-0.15, -0.1) is 0 Å². The van der Waals surface area contributed by atoms with Gasteiger partial charge in [0, 0.05) is 41.9 Å². The number of hydrogen-bond acceptors (Lipinski definition) is 4. The smallest absolute Gasteiger partial charge is 0.246 e. The summed E-state index contributed by atoms with van der Waals surface area (Å²) in [7, 11) is 0. The molecular formula is C22H21ClN2O4. The third-order valence-electron chi connectivity index (χ3n) is 5.13. The highest BCUT2D eigenvalue weighted by molar-refractivity contribution is 6.32. The molecule has 2 aromatic rings. The number of likely N-dealkylation sites (tertiary alicyclic amines) is 1. The summed E-state index contributed by atoms with van der Waals surface area (Å²) >= 11 is 6.11. The van der Waals surface area contributed by atoms with Crippen molar-refractivity contribution in [2.24, 2.45) is 5.92 Å². The number of anilines is 1. The molecule has 0 aliphatic carbocycles. The first-order valence-corrected chi connectivity index (χ1v) is 9.90. The van der Waals surface area contributed by atoms with Gasteiger partial charge < -0.3 is 19.7 Å². The molecule has 0 atom stereocenters. The van der Waals surface area contributed by atoms with Gasteiger partial charge in [-0.1, -0.05) is 29.8 Å². The van der Waals surface area contributed by atoms with E-state index in [9.17, 15) is 9.59 Å². The summed E-state index contributed by atoms with van der Waals surface area (Å²) in [6.45, 7) is 1.29. The van der Waals surface area contributed by atoms with Crippen LogP contribution in [0.4, 0.5) is 5.69 Å². The van der Waals surface area contributed by atoms with Crippen molar-refractivity contribution in [3.63, 3.8) is 0 Å². The van der Waals surface area contributed by atoms with E-state index < -0.39 is 0 Å². The van der Waals surface area contributed by atoms with Crippen LogP contribution in [0.15, 0.2) is 48.5 Å². The topological polar surface area (TPSA) is 67.9 Å². The maximum absolute atomic E-state index is 12.6. The molecule has 7 heteroatoms. The summed E-state index contributed by atoms with van der Waals surface area (Å²) in [6, 6.07) is 12.7. The Morgan fingerprint density at radius 2 is 1.83 bits per heavy atom. The molecule has 0 saturated carbocycles. The summed E-state index contributed by atoms with van der Waals surface area (Å²) in [5.74, 6) is 1.08. The van der Waals surface area contributed by atoms with Gasteiger partial charge in [0.05, 0.1) is 0 Å². The second kappa shape index (κ2) is 8.57. The van der Waals surface area contributed by atoms with Gasteiger partial charge in [-0.25, -0.2) is 0 Å². The first kappa shape index (κ1) is 19.3. The minimum atomic E-state index is -0.128. The Morgan fingerprint density at radius 3 is 2.62 bits per heavy atom. The fourth-order valence-corrected chi connectivity index (χ4v) is 3.66. The highest BCUT2D eigenvalue weighted by atomic mass is 35.5. The summed E-state index contributed by atoms with van der Waals surface area (Å²) in [4.78, 5) is 26.8. The number of fused-ring (bicyclic) bond motifs is 1. The number of rotatable bonds is 4. The van der Waals surface area contributed by atoms with Crippen molar-refractivity contribution in [1.29, 1.82) is 0 Å². The lowest BCUT2D eigenvalue weighted by molar-refractivity contribution is -0.130. The predicted molar refractivity (Wildman–Crippen MR) is 111 cm³/mol. The Balaban J connectivity index is 1.29. The van der Waals surface area contributed by atoms with E-state index in [4.69, 9.17) is 21.1 Å². The molecule has 2 aliphatic heterocycles. The van der Waals surface area contributed by atoms with Crippen molar-refractivity contribution in [2.75, 3.05) is 25.2 Å². The van der Waals surface area contributed by atoms with Gasteiger partial charge >= 0.3 is 0 Å². The van der Waals surface area contributed by atoms with Crippen molar-refractivity contribution in [3.05, 3.63) is 59.1 Å². The zero-order valence-corrected chi connectivity index (χ0v) is 16.5. The Bertz CT molecular complexity index is 952. The lowest BCUT2D eigenvalue weighted by Crippen LogP contribution is -2.40. The number of nitrogens with one attached hydrogen (secondary N) is 1. The van der Waals surface area contributed by atoms with E-state index in [0.717, 1.165) is 5.56 Å². The zero-order valence-electron chi connectivity index (χ0n) is 15.8. The highest BCUT2D eigenvalue weighted by Gasteiger charge is 2.27. The maximum Gasteiger partial charge on any atom is 0.246 e. The van der Waals surface area contributed by atoms with E-state index in [0.29, 0.717) is 48.1 Å². The second-order valence-corrected chi connectivity index (χ2v) is 7.42. The molecule has 6 nitrogen and oxygen atoms in total. The van der Waals surface area contributed by atoms with Crippen LogP contribution in [0.25, 0.3) is 6.08 Å². The van der Waals surface area contributed by atoms with Crippen LogP contribution >= 0.6 is 11.6 Å². The largest absolute Gasteiger partial charge is 0.454 e. The van der Waals surface area contributed by atoms with Gasteiger partial charge in [0.2, 0.25) is 18.6 Å². The Morgan fingerprint density at radius 1 is 1.07 bits per heavy atom. The number of ether oxygens (including phenoxy) is 2. The predicted octanol–water partition coefficient (Wildman–Crippen LogP) is 3.96. The molecule has 0 aromatic heterocycles. The molecule has 2 aliphatic rings. The fraction of sp³-hybridized carbons (Fsp3) is 0.273. The summed E-state index contributed by atoms with van der Waals surface area (Å²) in [5.41, 5.74) is 1.49. The monoisotopic (exact) mass is 412 g/mol. The van der Waals surface area contributed by atoms with Gasteiger partial charge in [0.1, 0.15) is 0 Å². The molecule has 1 saturated heterocycles. The minimum absolute atomic E-state index is 0.0393. The van der Waals surface area contributed by atoms with Crippen LogP contribution in [0.2, 0.25) is 5.02 Å². The minimum Gasteiger partial charge on any atom is -0.454 e. The molecule has 2 amide bonds. The van der Waals surface area contributed by atoms with Crippen LogP contribution in [-0.4, -0.2) is 36.6 Å². The van der Waals surface area contributed by atoms with Crippen molar-refractivity contribution < 1.29 is 19.1 Å². The molecule has 1 fully saturated rings. The molecule has 150 valence electrons. The van der Waals surface area contributed by atoms with Crippen LogP contribution in [0, 0.1) is 5.92 Å². The fourth-order valence-electron chi connectivity index (χ4n) is 3.46. The highest BCUT2D eigenvalue weighted by Crippen LogP contribution is 2.34. The van der Waals surface area contributed by atoms with E-state index in [-0.39, 0.29) is 24.5 Å². The third-order valence-corrected chi connectivity index (χ3v) is 5.47. The van der Waals surface area contributed by atoms with Crippen molar-refractivity contribution in [1.82, 2.24) is 4.90 Å². The lowest BCUT2D eigenvalue weighted by atomic mass is 9.95. The van der Waals surface area contributed by atoms with Gasteiger partial charge in [-0.05, 0) is 42.7 Å². The zero-order chi connectivity index (χ0) is 20.2. The normalized spacial score (nSPS) is 16.2. The molecule has 0 spiro atoms. The SMILES string of the molecule is O=C(Nc1ccc2c(c1)OCO2)C1CCN(C(=O)C=Cc2ccccc2Cl)CC1. The molecule has 0 bridgehead atoms. The quantitative estimate of drug-likeness (QED) is 0.772. The number of carbonyl (C=O) groups is 2. The number of hydrogen-bond donors (Lipinski definition) is 1. The van der Waals surface area contributed by atoms with E-state index in [1.165, 1.54) is 6.08 Å². The number of benzene rings is 2. The summed E-state index contributed by atoms with van der Waals surface area (Å²) < 4.78 is 10.6. The van der Waals surface area contributed by atoms with Crippen LogP contribution < -0.4 is 14.8 Å². The second-order valence-electron chi connectivity index (χ2n) is 7.01. The van der Waals surface area contributed by atoms with E-state index in [2.05, 4.69) is 5.32 Å². The van der Waals surface area contributed by atoms with Crippen LogP contribution in [0.1, 0.15) is 18.4 Å². The number of nitrogens with zero attached hydrogens (tertiary/aromatic N) is 1. The molecule has 29 heavy (non-hydrogen) atoms. The van der Waals surface area contributed by atoms with Gasteiger partial charge in [-0.3, -0.25) is 9.59 Å². The first-order chi connectivity index (χ1) is 14.1. The van der Waals surface area contributed by atoms with Gasteiger partial charge in [0.15, 0.2) is 11.5 Å². The number of piperidine rings is 1. The van der Waals surface area contributed by atoms with Gasteiger partial charge in [-0.2, -0.15) is 0 Å². The van der Waals surface area contributed by atoms with Crippen molar-refractivity contribution >= 4 is 35.2 Å². The van der Waals surface area contributed by atoms with Crippen LogP contribution in [0.5, 0.6) is 11.5 Å². The number of halogens is 1. The molecule has 2 aromatic carbocycles. The van der Waals surface area contributed by atoms with E-state index >= 15 is 0 Å². The third kappa shape index (κ3) is 4.54. The molecule has 2 heterocycles. The standard InChI is InChI=1S/C22H21ClN2O4/c23-18-4-2-1-3-15(18)5-8-21(26)25-11-9-16(10-12-25)22(27)24-17-6-7-19-20(13-17)29-14-28-19/h1-8,13,16H,9-12,14H2,(H,24,27). The summed E-state index contributed by atoms with van der Waals surface area (Å²) in [5, 5.41) is 3.54. The van der Waals surface area contributed by atoms with Crippen LogP contribution in [0.3, 0.4) is 0 Å². The first-order valence-electron chi connectivity index (χ1n) is 9.52. The molecular weight excluding hydrogens is 392 g/mol. The average molecular weight is 413 g/mol. The maximum atomic E-state index is 12.6.